The molecule has 1 fully saturated rings. The predicted octanol–water partition coefficient (Wildman–Crippen LogP) is 4.76. The van der Waals surface area contributed by atoms with Crippen LogP contribution in [0.1, 0.15) is 33.3 Å². The van der Waals surface area contributed by atoms with Crippen molar-refractivity contribution in [3.05, 3.63) is 27.7 Å². The van der Waals surface area contributed by atoms with Crippen molar-refractivity contribution in [1.29, 1.82) is 0 Å². The van der Waals surface area contributed by atoms with Gasteiger partial charge in [0, 0.05) is 30.2 Å². The van der Waals surface area contributed by atoms with Crippen LogP contribution in [0.3, 0.4) is 0 Å². The fourth-order valence-corrected chi connectivity index (χ4v) is 3.45. The maximum absolute atomic E-state index is 6.51. The second-order valence-corrected chi connectivity index (χ2v) is 7.59. The zero-order chi connectivity index (χ0) is 15.7. The molecule has 21 heavy (non-hydrogen) atoms. The molecule has 0 radical (unpaired) electrons. The summed E-state index contributed by atoms with van der Waals surface area (Å²) in [5, 5.41) is 5.26. The topological polar surface area (TPSA) is 15.3 Å². The first-order valence-electron chi connectivity index (χ1n) is 7.77. The predicted molar refractivity (Wildman–Crippen MR) is 93.8 cm³/mol. The molecule has 0 amide bonds. The molecule has 2 unspecified atom stereocenters. The molecule has 0 aromatic heterocycles. The Balaban J connectivity index is 2.38. The molecule has 0 bridgehead atoms. The number of hydrogen-bond donors (Lipinski definition) is 1. The summed E-state index contributed by atoms with van der Waals surface area (Å²) in [5.74, 6) is 1.15. The molecule has 0 saturated carbocycles. The number of benzene rings is 1. The second kappa shape index (κ2) is 6.76. The summed E-state index contributed by atoms with van der Waals surface area (Å²) in [6.45, 7) is 13.0. The Labute approximate surface area is 138 Å². The molecule has 4 heteroatoms. The van der Waals surface area contributed by atoms with Crippen LogP contribution in [0.2, 0.25) is 10.0 Å². The molecule has 118 valence electrons. The maximum Gasteiger partial charge on any atom is 0.0643 e. The summed E-state index contributed by atoms with van der Waals surface area (Å²) in [6.07, 6.45) is 0. The Hall–Kier alpha value is -0.440. The molecule has 1 heterocycles. The van der Waals surface area contributed by atoms with Gasteiger partial charge in [0.15, 0.2) is 0 Å². The summed E-state index contributed by atoms with van der Waals surface area (Å²) in [4.78, 5) is 2.44. The summed E-state index contributed by atoms with van der Waals surface area (Å²) < 4.78 is 0. The molecular weight excluding hydrogens is 303 g/mol. The van der Waals surface area contributed by atoms with Crippen LogP contribution in [-0.2, 0) is 0 Å². The number of anilines is 1. The highest BCUT2D eigenvalue weighted by Crippen LogP contribution is 2.35. The van der Waals surface area contributed by atoms with E-state index in [1.807, 2.05) is 19.1 Å². The zero-order valence-electron chi connectivity index (χ0n) is 13.6. The smallest absolute Gasteiger partial charge is 0.0643 e. The molecule has 1 aromatic rings. The van der Waals surface area contributed by atoms with Crippen LogP contribution in [0.15, 0.2) is 12.1 Å². The lowest BCUT2D eigenvalue weighted by Gasteiger charge is -2.45. The Morgan fingerprint density at radius 3 is 2.33 bits per heavy atom. The molecule has 2 nitrogen and oxygen atoms in total. The van der Waals surface area contributed by atoms with Gasteiger partial charge >= 0.3 is 0 Å². The van der Waals surface area contributed by atoms with Gasteiger partial charge < -0.3 is 10.2 Å². The third-order valence-corrected chi connectivity index (χ3v) is 5.20. The first kappa shape index (κ1) is 16.9. The summed E-state index contributed by atoms with van der Waals surface area (Å²) in [5.41, 5.74) is 2.10. The van der Waals surface area contributed by atoms with Gasteiger partial charge in [-0.1, -0.05) is 50.9 Å². The van der Waals surface area contributed by atoms with Crippen LogP contribution in [0, 0.1) is 18.8 Å². The van der Waals surface area contributed by atoms with Gasteiger partial charge in [-0.15, -0.1) is 0 Å². The highest BCUT2D eigenvalue weighted by Gasteiger charge is 2.32. The lowest BCUT2D eigenvalue weighted by atomic mass is 9.93. The van der Waals surface area contributed by atoms with E-state index in [1.165, 1.54) is 0 Å². The standard InChI is InChI=1S/C17H26Cl2N2/c1-10(2)15-9-21(17(8-20-15)11(3)4)16-7-13(18)12(5)6-14(16)19/h6-7,10-11,15,17,20H,8-9H2,1-5H3. The number of halogens is 2. The third-order valence-electron chi connectivity index (χ3n) is 4.49. The Morgan fingerprint density at radius 1 is 1.10 bits per heavy atom. The minimum Gasteiger partial charge on any atom is -0.364 e. The van der Waals surface area contributed by atoms with Crippen LogP contribution < -0.4 is 10.2 Å². The summed E-state index contributed by atoms with van der Waals surface area (Å²) in [7, 11) is 0. The van der Waals surface area contributed by atoms with E-state index in [0.717, 1.165) is 34.4 Å². The van der Waals surface area contributed by atoms with E-state index in [1.54, 1.807) is 0 Å². The van der Waals surface area contributed by atoms with Crippen molar-refractivity contribution in [1.82, 2.24) is 5.32 Å². The molecule has 1 saturated heterocycles. The quantitative estimate of drug-likeness (QED) is 0.860. The normalized spacial score (nSPS) is 23.2. The molecule has 1 aliphatic heterocycles. The number of aryl methyl sites for hydroxylation is 1. The summed E-state index contributed by atoms with van der Waals surface area (Å²) in [6, 6.07) is 4.92. The van der Waals surface area contributed by atoms with Crippen molar-refractivity contribution >= 4 is 28.9 Å². The number of rotatable bonds is 3. The molecule has 0 spiro atoms. The van der Waals surface area contributed by atoms with E-state index in [4.69, 9.17) is 23.2 Å². The van der Waals surface area contributed by atoms with Crippen molar-refractivity contribution in [3.63, 3.8) is 0 Å². The average molecular weight is 329 g/mol. The number of nitrogens with one attached hydrogen (secondary N) is 1. The number of piperazine rings is 1. The highest BCUT2D eigenvalue weighted by molar-refractivity contribution is 6.35. The third kappa shape index (κ3) is 3.67. The Bertz CT molecular complexity index is 500. The Morgan fingerprint density at radius 2 is 1.76 bits per heavy atom. The van der Waals surface area contributed by atoms with Crippen molar-refractivity contribution in [2.75, 3.05) is 18.0 Å². The molecule has 1 aliphatic rings. The molecular formula is C17H26Cl2N2. The Kier molecular flexibility index (Phi) is 5.45. The van der Waals surface area contributed by atoms with Gasteiger partial charge in [-0.05, 0) is 36.5 Å². The van der Waals surface area contributed by atoms with Crippen molar-refractivity contribution < 1.29 is 0 Å². The summed E-state index contributed by atoms with van der Waals surface area (Å²) >= 11 is 12.8. The van der Waals surface area contributed by atoms with Gasteiger partial charge in [-0.3, -0.25) is 0 Å². The largest absolute Gasteiger partial charge is 0.364 e. The minimum atomic E-state index is 0.441. The van der Waals surface area contributed by atoms with E-state index >= 15 is 0 Å². The maximum atomic E-state index is 6.51. The fourth-order valence-electron chi connectivity index (χ4n) is 2.97. The average Bonchev–Trinajstić information content (AvgIpc) is 2.42. The van der Waals surface area contributed by atoms with Gasteiger partial charge in [-0.25, -0.2) is 0 Å². The first-order chi connectivity index (χ1) is 9.81. The van der Waals surface area contributed by atoms with Gasteiger partial charge in [-0.2, -0.15) is 0 Å². The highest BCUT2D eigenvalue weighted by atomic mass is 35.5. The zero-order valence-corrected chi connectivity index (χ0v) is 15.1. The van der Waals surface area contributed by atoms with E-state index in [0.29, 0.717) is 23.9 Å². The van der Waals surface area contributed by atoms with E-state index in [-0.39, 0.29) is 0 Å². The van der Waals surface area contributed by atoms with E-state index < -0.39 is 0 Å². The van der Waals surface area contributed by atoms with Crippen molar-refractivity contribution in [2.24, 2.45) is 11.8 Å². The number of hydrogen-bond acceptors (Lipinski definition) is 2. The van der Waals surface area contributed by atoms with Gasteiger partial charge in [0.2, 0.25) is 0 Å². The lowest BCUT2D eigenvalue weighted by Crippen LogP contribution is -2.60. The van der Waals surface area contributed by atoms with Gasteiger partial charge in [0.05, 0.1) is 10.7 Å². The van der Waals surface area contributed by atoms with Crippen LogP contribution in [0.5, 0.6) is 0 Å². The van der Waals surface area contributed by atoms with Crippen LogP contribution in [0.4, 0.5) is 5.69 Å². The van der Waals surface area contributed by atoms with Crippen molar-refractivity contribution in [3.8, 4) is 0 Å². The SMILES string of the molecule is Cc1cc(Cl)c(N2CC(C(C)C)NCC2C(C)C)cc1Cl. The van der Waals surface area contributed by atoms with E-state index in [9.17, 15) is 0 Å². The van der Waals surface area contributed by atoms with Crippen LogP contribution in [-0.4, -0.2) is 25.2 Å². The molecule has 1 N–H and O–H groups in total. The van der Waals surface area contributed by atoms with Gasteiger partial charge in [0.25, 0.3) is 0 Å². The minimum absolute atomic E-state index is 0.441. The fraction of sp³-hybridized carbons (Fsp3) is 0.647. The molecule has 0 aliphatic carbocycles. The molecule has 2 atom stereocenters. The molecule has 1 aromatic carbocycles. The lowest BCUT2D eigenvalue weighted by molar-refractivity contribution is 0.295. The second-order valence-electron chi connectivity index (χ2n) is 6.78. The molecule has 2 rings (SSSR count). The van der Waals surface area contributed by atoms with Crippen molar-refractivity contribution in [2.45, 2.75) is 46.7 Å². The van der Waals surface area contributed by atoms with E-state index in [2.05, 4.69) is 37.9 Å². The number of nitrogens with zero attached hydrogens (tertiary/aromatic N) is 1. The van der Waals surface area contributed by atoms with Gasteiger partial charge in [0.1, 0.15) is 0 Å². The monoisotopic (exact) mass is 328 g/mol. The van der Waals surface area contributed by atoms with Crippen LogP contribution >= 0.6 is 23.2 Å². The first-order valence-corrected chi connectivity index (χ1v) is 8.52. The van der Waals surface area contributed by atoms with Crippen LogP contribution in [0.25, 0.3) is 0 Å².